The third kappa shape index (κ3) is 2.79. The highest BCUT2D eigenvalue weighted by Gasteiger charge is 2.17. The van der Waals surface area contributed by atoms with Gasteiger partial charge in [0.2, 0.25) is 0 Å². The van der Waals surface area contributed by atoms with Crippen LogP contribution in [0.3, 0.4) is 0 Å². The van der Waals surface area contributed by atoms with Crippen LogP contribution in [0.1, 0.15) is 36.8 Å². The molecule has 2 rings (SSSR count). The van der Waals surface area contributed by atoms with Gasteiger partial charge >= 0.3 is 5.97 Å². The van der Waals surface area contributed by atoms with E-state index in [2.05, 4.69) is 15.2 Å². The van der Waals surface area contributed by atoms with E-state index in [1.807, 2.05) is 20.8 Å². The van der Waals surface area contributed by atoms with Crippen molar-refractivity contribution in [2.75, 3.05) is 6.61 Å². The van der Waals surface area contributed by atoms with E-state index in [9.17, 15) is 4.79 Å². The largest absolute Gasteiger partial charge is 0.462 e. The number of nitrogens with zero attached hydrogens (tertiary/aromatic N) is 2. The minimum atomic E-state index is -0.415. The zero-order chi connectivity index (χ0) is 13.7. The Morgan fingerprint density at radius 1 is 1.50 bits per heavy atom. The lowest BCUT2D eigenvalue weighted by Crippen LogP contribution is -2.06. The third-order valence-electron chi connectivity index (χ3n) is 2.17. The summed E-state index contributed by atoms with van der Waals surface area (Å²) in [4.78, 5) is 15.7. The molecule has 5 nitrogen and oxygen atoms in total. The van der Waals surface area contributed by atoms with E-state index in [-0.39, 0.29) is 5.15 Å². The van der Waals surface area contributed by atoms with Crippen molar-refractivity contribution in [1.82, 2.24) is 15.2 Å². The van der Waals surface area contributed by atoms with Crippen LogP contribution < -0.4 is 0 Å². The van der Waals surface area contributed by atoms with Gasteiger partial charge in [0.05, 0.1) is 17.6 Å². The molecule has 0 bridgehead atoms. The molecule has 2 aromatic heterocycles. The van der Waals surface area contributed by atoms with Gasteiger partial charge in [-0.1, -0.05) is 25.4 Å². The number of hydrogen-bond donors (Lipinski definition) is 1. The van der Waals surface area contributed by atoms with Gasteiger partial charge in [0.25, 0.3) is 0 Å². The number of H-pyrrole nitrogens is 1. The van der Waals surface area contributed by atoms with Gasteiger partial charge in [-0.3, -0.25) is 5.10 Å². The Balaban J connectivity index is 0.000000771. The highest BCUT2D eigenvalue weighted by molar-refractivity contribution is 6.30. The minimum absolute atomic E-state index is 0.224. The van der Waals surface area contributed by atoms with E-state index in [1.54, 1.807) is 6.92 Å². The van der Waals surface area contributed by atoms with Crippen molar-refractivity contribution in [1.29, 1.82) is 0 Å². The second-order valence-corrected chi connectivity index (χ2v) is 3.65. The molecule has 0 saturated heterocycles. The van der Waals surface area contributed by atoms with Gasteiger partial charge in [0.1, 0.15) is 5.15 Å². The summed E-state index contributed by atoms with van der Waals surface area (Å²) in [5.74, 6) is -0.415. The van der Waals surface area contributed by atoms with Gasteiger partial charge < -0.3 is 4.74 Å². The maximum Gasteiger partial charge on any atom is 0.339 e. The molecule has 0 fully saturated rings. The minimum Gasteiger partial charge on any atom is -0.462 e. The fraction of sp³-hybridized carbons (Fsp3) is 0.417. The quantitative estimate of drug-likeness (QED) is 0.672. The number of halogens is 1. The molecule has 0 radical (unpaired) electrons. The smallest absolute Gasteiger partial charge is 0.339 e. The lowest BCUT2D eigenvalue weighted by Gasteiger charge is -2.03. The molecule has 0 amide bonds. The van der Waals surface area contributed by atoms with E-state index in [4.69, 9.17) is 16.3 Å². The van der Waals surface area contributed by atoms with Crippen molar-refractivity contribution in [3.05, 3.63) is 22.5 Å². The molecule has 0 aliphatic heterocycles. The summed E-state index contributed by atoms with van der Waals surface area (Å²) in [5, 5.41) is 7.60. The van der Waals surface area contributed by atoms with Crippen molar-refractivity contribution in [3.63, 3.8) is 0 Å². The first-order valence-corrected chi connectivity index (χ1v) is 6.19. The number of aromatic amines is 1. The van der Waals surface area contributed by atoms with E-state index >= 15 is 0 Å². The van der Waals surface area contributed by atoms with Gasteiger partial charge in [0, 0.05) is 5.69 Å². The van der Waals surface area contributed by atoms with E-state index in [0.29, 0.717) is 23.2 Å². The fourth-order valence-corrected chi connectivity index (χ4v) is 1.70. The van der Waals surface area contributed by atoms with Crippen LogP contribution in [0, 0.1) is 6.92 Å². The summed E-state index contributed by atoms with van der Waals surface area (Å²) >= 11 is 5.80. The summed E-state index contributed by atoms with van der Waals surface area (Å²) in [7, 11) is 0. The standard InChI is InChI=1S/C10H10ClN3O2.C2H6/c1-3-16-10(15)6-4-7(11)12-9-8(6)5(2)13-14-9;1-2/h4H,3H2,1-2H3,(H,12,13,14);1-2H3. The normalized spacial score (nSPS) is 9.83. The highest BCUT2D eigenvalue weighted by atomic mass is 35.5. The van der Waals surface area contributed by atoms with Crippen LogP contribution in [0.15, 0.2) is 6.07 Å². The Kier molecular flexibility index (Phi) is 5.09. The summed E-state index contributed by atoms with van der Waals surface area (Å²) in [6.45, 7) is 7.88. The second kappa shape index (κ2) is 6.35. The number of rotatable bonds is 2. The van der Waals surface area contributed by atoms with Crippen molar-refractivity contribution < 1.29 is 9.53 Å². The maximum atomic E-state index is 11.7. The summed E-state index contributed by atoms with van der Waals surface area (Å²) in [6, 6.07) is 1.49. The number of hydrogen-bond acceptors (Lipinski definition) is 4. The topological polar surface area (TPSA) is 67.9 Å². The van der Waals surface area contributed by atoms with Gasteiger partial charge in [-0.15, -0.1) is 0 Å². The Bertz CT molecular complexity index is 551. The number of carbonyl (C=O) groups is 1. The number of aryl methyl sites for hydroxylation is 1. The van der Waals surface area contributed by atoms with Crippen LogP contribution in [-0.4, -0.2) is 27.8 Å². The molecule has 0 spiro atoms. The molecule has 6 heteroatoms. The molecule has 2 heterocycles. The second-order valence-electron chi connectivity index (χ2n) is 3.26. The third-order valence-corrected chi connectivity index (χ3v) is 2.36. The van der Waals surface area contributed by atoms with Crippen LogP contribution in [0.5, 0.6) is 0 Å². The predicted octanol–water partition coefficient (Wildman–Crippen LogP) is 3.12. The lowest BCUT2D eigenvalue weighted by atomic mass is 10.1. The van der Waals surface area contributed by atoms with Gasteiger partial charge in [-0.25, -0.2) is 9.78 Å². The van der Waals surface area contributed by atoms with E-state index in [1.165, 1.54) is 6.07 Å². The number of nitrogens with one attached hydrogen (secondary N) is 1. The molecule has 0 aromatic carbocycles. The first kappa shape index (κ1) is 14.4. The molecule has 1 N–H and O–H groups in total. The van der Waals surface area contributed by atoms with Crippen LogP contribution in [-0.2, 0) is 4.74 Å². The fourth-order valence-electron chi connectivity index (χ4n) is 1.51. The first-order chi connectivity index (χ1) is 8.63. The average molecular weight is 270 g/mol. The summed E-state index contributed by atoms with van der Waals surface area (Å²) < 4.78 is 4.95. The highest BCUT2D eigenvalue weighted by Crippen LogP contribution is 2.22. The van der Waals surface area contributed by atoms with Gasteiger partial charge in [-0.2, -0.15) is 5.10 Å². The zero-order valence-electron chi connectivity index (χ0n) is 10.9. The number of esters is 1. The Morgan fingerprint density at radius 3 is 2.78 bits per heavy atom. The Labute approximate surface area is 111 Å². The van der Waals surface area contributed by atoms with Crippen molar-refractivity contribution >= 4 is 28.6 Å². The number of aromatic nitrogens is 3. The predicted molar refractivity (Wildman–Crippen MR) is 70.9 cm³/mol. The Morgan fingerprint density at radius 2 is 2.17 bits per heavy atom. The molecule has 0 saturated carbocycles. The molecule has 18 heavy (non-hydrogen) atoms. The monoisotopic (exact) mass is 269 g/mol. The molecule has 0 aliphatic rings. The lowest BCUT2D eigenvalue weighted by molar-refractivity contribution is 0.0528. The maximum absolute atomic E-state index is 11.7. The number of carbonyl (C=O) groups excluding carboxylic acids is 1. The first-order valence-electron chi connectivity index (χ1n) is 5.81. The van der Waals surface area contributed by atoms with Gasteiger partial charge in [0.15, 0.2) is 5.65 Å². The Hall–Kier alpha value is -1.62. The van der Waals surface area contributed by atoms with E-state index < -0.39 is 5.97 Å². The van der Waals surface area contributed by atoms with Crippen LogP contribution in [0.25, 0.3) is 11.0 Å². The van der Waals surface area contributed by atoms with Crippen molar-refractivity contribution in [2.45, 2.75) is 27.7 Å². The molecule has 0 atom stereocenters. The number of pyridine rings is 1. The zero-order valence-corrected chi connectivity index (χ0v) is 11.6. The SMILES string of the molecule is CC.CCOC(=O)c1cc(Cl)nc2n[nH]c(C)c12. The van der Waals surface area contributed by atoms with Crippen molar-refractivity contribution in [2.24, 2.45) is 0 Å². The molecule has 98 valence electrons. The molecule has 0 unspecified atom stereocenters. The number of ether oxygens (including phenoxy) is 1. The van der Waals surface area contributed by atoms with Crippen LogP contribution >= 0.6 is 11.6 Å². The summed E-state index contributed by atoms with van der Waals surface area (Å²) in [6.07, 6.45) is 0. The van der Waals surface area contributed by atoms with Gasteiger partial charge in [-0.05, 0) is 19.9 Å². The molecule has 2 aromatic rings. The van der Waals surface area contributed by atoms with E-state index in [0.717, 1.165) is 5.69 Å². The number of fused-ring (bicyclic) bond motifs is 1. The van der Waals surface area contributed by atoms with Crippen molar-refractivity contribution in [3.8, 4) is 0 Å². The summed E-state index contributed by atoms with van der Waals surface area (Å²) in [5.41, 5.74) is 1.58. The average Bonchev–Trinajstić information content (AvgIpc) is 2.73. The van der Waals surface area contributed by atoms with Crippen LogP contribution in [0.4, 0.5) is 0 Å². The van der Waals surface area contributed by atoms with Crippen LogP contribution in [0.2, 0.25) is 5.15 Å². The molecule has 0 aliphatic carbocycles. The molecular weight excluding hydrogens is 254 g/mol. The molecular formula is C12H16ClN3O2.